The highest BCUT2D eigenvalue weighted by Crippen LogP contribution is 2.02. The van der Waals surface area contributed by atoms with Crippen molar-refractivity contribution in [3.05, 3.63) is 24.8 Å². The van der Waals surface area contributed by atoms with Crippen molar-refractivity contribution in [1.82, 2.24) is 0 Å². The van der Waals surface area contributed by atoms with Crippen LogP contribution in [0.4, 0.5) is 0 Å². The van der Waals surface area contributed by atoms with E-state index in [1.54, 1.807) is 6.08 Å². The molecule has 0 aliphatic carbocycles. The van der Waals surface area contributed by atoms with Crippen molar-refractivity contribution in [2.45, 2.75) is 19.4 Å². The van der Waals surface area contributed by atoms with E-state index in [1.807, 2.05) is 6.92 Å². The summed E-state index contributed by atoms with van der Waals surface area (Å²) in [5, 5.41) is 8.96. The Bertz CT molecular complexity index is 94.6. The lowest BCUT2D eigenvalue weighted by molar-refractivity contribution is 0.211. The van der Waals surface area contributed by atoms with Gasteiger partial charge in [-0.15, -0.1) is 0 Å². The first-order valence-corrected chi connectivity index (χ1v) is 2.71. The molecule has 0 spiro atoms. The van der Waals surface area contributed by atoms with Crippen LogP contribution in [0.2, 0.25) is 0 Å². The van der Waals surface area contributed by atoms with Gasteiger partial charge in [-0.1, -0.05) is 26.2 Å². The second-order valence-corrected chi connectivity index (χ2v) is 1.70. The SMILES string of the molecule is C=CC(=C)[C@@H](O)CC. The monoisotopic (exact) mass is 112 g/mol. The third-order valence-electron chi connectivity index (χ3n) is 1.08. The number of rotatable bonds is 3. The molecule has 0 bridgehead atoms. The van der Waals surface area contributed by atoms with Gasteiger partial charge in [0.25, 0.3) is 0 Å². The highest BCUT2D eigenvalue weighted by Gasteiger charge is 1.99. The molecule has 0 saturated heterocycles. The fraction of sp³-hybridized carbons (Fsp3) is 0.429. The molecule has 0 unspecified atom stereocenters. The van der Waals surface area contributed by atoms with Crippen LogP contribution in [0.1, 0.15) is 13.3 Å². The van der Waals surface area contributed by atoms with E-state index in [1.165, 1.54) is 0 Å². The lowest BCUT2D eigenvalue weighted by Gasteiger charge is -2.04. The maximum Gasteiger partial charge on any atom is 0.0781 e. The number of aliphatic hydroxyl groups is 1. The Morgan fingerprint density at radius 2 is 2.38 bits per heavy atom. The molecule has 0 aromatic carbocycles. The molecule has 1 heteroatoms. The van der Waals surface area contributed by atoms with Crippen molar-refractivity contribution < 1.29 is 5.11 Å². The lowest BCUT2D eigenvalue weighted by atomic mass is 10.1. The zero-order chi connectivity index (χ0) is 6.57. The zero-order valence-electron chi connectivity index (χ0n) is 5.22. The quantitative estimate of drug-likeness (QED) is 0.548. The van der Waals surface area contributed by atoms with Gasteiger partial charge in [-0.3, -0.25) is 0 Å². The van der Waals surface area contributed by atoms with Crippen molar-refractivity contribution in [3.8, 4) is 0 Å². The van der Waals surface area contributed by atoms with Gasteiger partial charge in [0.05, 0.1) is 6.10 Å². The van der Waals surface area contributed by atoms with Crippen LogP contribution in [-0.2, 0) is 0 Å². The predicted octanol–water partition coefficient (Wildman–Crippen LogP) is 1.50. The van der Waals surface area contributed by atoms with Gasteiger partial charge >= 0.3 is 0 Å². The van der Waals surface area contributed by atoms with Crippen LogP contribution in [-0.4, -0.2) is 11.2 Å². The first kappa shape index (κ1) is 7.44. The van der Waals surface area contributed by atoms with E-state index < -0.39 is 6.10 Å². The molecular formula is C7H12O. The van der Waals surface area contributed by atoms with Crippen molar-refractivity contribution in [1.29, 1.82) is 0 Å². The molecule has 0 amide bonds. The van der Waals surface area contributed by atoms with Gasteiger partial charge in [0.1, 0.15) is 0 Å². The van der Waals surface area contributed by atoms with E-state index in [-0.39, 0.29) is 0 Å². The molecule has 0 radical (unpaired) electrons. The van der Waals surface area contributed by atoms with Crippen molar-refractivity contribution in [2.24, 2.45) is 0 Å². The summed E-state index contributed by atoms with van der Waals surface area (Å²) in [6.07, 6.45) is 1.89. The molecular weight excluding hydrogens is 100 g/mol. The van der Waals surface area contributed by atoms with Crippen LogP contribution in [0.25, 0.3) is 0 Å². The first-order valence-electron chi connectivity index (χ1n) is 2.71. The van der Waals surface area contributed by atoms with Gasteiger partial charge in [-0.05, 0) is 12.0 Å². The molecule has 0 aromatic heterocycles. The lowest BCUT2D eigenvalue weighted by Crippen LogP contribution is -2.04. The summed E-state index contributed by atoms with van der Waals surface area (Å²) < 4.78 is 0. The first-order chi connectivity index (χ1) is 3.72. The molecule has 0 aromatic rings. The minimum atomic E-state index is -0.396. The summed E-state index contributed by atoms with van der Waals surface area (Å²) in [5.41, 5.74) is 0.701. The largest absolute Gasteiger partial charge is 0.388 e. The number of hydrogen-bond donors (Lipinski definition) is 1. The third-order valence-corrected chi connectivity index (χ3v) is 1.08. The van der Waals surface area contributed by atoms with Gasteiger partial charge < -0.3 is 5.11 Å². The van der Waals surface area contributed by atoms with Crippen molar-refractivity contribution in [2.75, 3.05) is 0 Å². The summed E-state index contributed by atoms with van der Waals surface area (Å²) in [6.45, 7) is 8.95. The second-order valence-electron chi connectivity index (χ2n) is 1.70. The summed E-state index contributed by atoms with van der Waals surface area (Å²) in [6, 6.07) is 0. The maximum absolute atomic E-state index is 8.96. The van der Waals surface area contributed by atoms with Crippen LogP contribution >= 0.6 is 0 Å². The Morgan fingerprint density at radius 1 is 1.88 bits per heavy atom. The van der Waals surface area contributed by atoms with Gasteiger partial charge in [0.15, 0.2) is 0 Å². The van der Waals surface area contributed by atoms with Crippen LogP contribution in [0.5, 0.6) is 0 Å². The fourth-order valence-corrected chi connectivity index (χ4v) is 0.398. The van der Waals surface area contributed by atoms with E-state index in [9.17, 15) is 0 Å². The van der Waals surface area contributed by atoms with E-state index in [0.29, 0.717) is 12.0 Å². The predicted molar refractivity (Wildman–Crippen MR) is 35.6 cm³/mol. The normalized spacial score (nSPS) is 12.8. The summed E-state index contributed by atoms with van der Waals surface area (Å²) in [5.74, 6) is 0. The average molecular weight is 112 g/mol. The Morgan fingerprint density at radius 3 is 2.50 bits per heavy atom. The topological polar surface area (TPSA) is 20.2 Å². The molecule has 0 heterocycles. The summed E-state index contributed by atoms with van der Waals surface area (Å²) in [7, 11) is 0. The maximum atomic E-state index is 8.96. The molecule has 0 rings (SSSR count). The second kappa shape index (κ2) is 3.44. The minimum Gasteiger partial charge on any atom is -0.388 e. The zero-order valence-corrected chi connectivity index (χ0v) is 5.22. The Hall–Kier alpha value is -0.560. The van der Waals surface area contributed by atoms with Gasteiger partial charge in [0, 0.05) is 0 Å². The highest BCUT2D eigenvalue weighted by atomic mass is 16.3. The van der Waals surface area contributed by atoms with Gasteiger partial charge in [0.2, 0.25) is 0 Å². The van der Waals surface area contributed by atoms with E-state index >= 15 is 0 Å². The molecule has 46 valence electrons. The van der Waals surface area contributed by atoms with Crippen LogP contribution in [0.3, 0.4) is 0 Å². The Balaban J connectivity index is 3.62. The Kier molecular flexibility index (Phi) is 3.20. The van der Waals surface area contributed by atoms with Crippen molar-refractivity contribution >= 4 is 0 Å². The van der Waals surface area contributed by atoms with Gasteiger partial charge in [-0.2, -0.15) is 0 Å². The van der Waals surface area contributed by atoms with Crippen molar-refractivity contribution in [3.63, 3.8) is 0 Å². The van der Waals surface area contributed by atoms with Gasteiger partial charge in [-0.25, -0.2) is 0 Å². The summed E-state index contributed by atoms with van der Waals surface area (Å²) in [4.78, 5) is 0. The van der Waals surface area contributed by atoms with Crippen LogP contribution in [0, 0.1) is 0 Å². The van der Waals surface area contributed by atoms with Crippen LogP contribution < -0.4 is 0 Å². The molecule has 8 heavy (non-hydrogen) atoms. The molecule has 1 atom stereocenters. The van der Waals surface area contributed by atoms with E-state index in [2.05, 4.69) is 13.2 Å². The molecule has 1 N–H and O–H groups in total. The molecule has 0 fully saturated rings. The average Bonchev–Trinajstić information content (AvgIpc) is 1.84. The highest BCUT2D eigenvalue weighted by molar-refractivity contribution is 5.15. The third kappa shape index (κ3) is 1.94. The molecule has 0 aliphatic rings. The van der Waals surface area contributed by atoms with Crippen LogP contribution in [0.15, 0.2) is 24.8 Å². The molecule has 0 saturated carbocycles. The Labute approximate surface area is 50.3 Å². The number of hydrogen-bond acceptors (Lipinski definition) is 1. The molecule has 0 aliphatic heterocycles. The smallest absolute Gasteiger partial charge is 0.0781 e. The summed E-state index contributed by atoms with van der Waals surface area (Å²) >= 11 is 0. The van der Waals surface area contributed by atoms with E-state index in [0.717, 1.165) is 0 Å². The standard InChI is InChI=1S/C7H12O/c1-4-6(3)7(8)5-2/h4,7-8H,1,3,5H2,2H3/t7-/m0/s1. The molecule has 1 nitrogen and oxygen atoms in total. The number of aliphatic hydroxyl groups excluding tert-OH is 1. The minimum absolute atomic E-state index is 0.396. The fourth-order valence-electron chi connectivity index (χ4n) is 0.398. The van der Waals surface area contributed by atoms with E-state index in [4.69, 9.17) is 5.11 Å².